The van der Waals surface area contributed by atoms with Crippen molar-refractivity contribution < 1.29 is 19.5 Å². The Morgan fingerprint density at radius 2 is 1.52 bits per heavy atom. The van der Waals surface area contributed by atoms with Crippen molar-refractivity contribution in [1.29, 1.82) is 0 Å². The van der Waals surface area contributed by atoms with E-state index in [1.54, 1.807) is 14.0 Å². The second-order valence-corrected chi connectivity index (χ2v) is 9.85. The van der Waals surface area contributed by atoms with Gasteiger partial charge in [-0.25, -0.2) is 0 Å². The number of hydrogen-bond acceptors (Lipinski definition) is 3. The van der Waals surface area contributed by atoms with Crippen molar-refractivity contribution in [1.82, 2.24) is 10.2 Å². The highest BCUT2D eigenvalue weighted by Crippen LogP contribution is 2.60. The number of nitrogens with zero attached hydrogens (tertiary/aromatic N) is 1. The predicted octanol–water partition coefficient (Wildman–Crippen LogP) is 2.52. The van der Waals surface area contributed by atoms with Crippen molar-refractivity contribution in [2.45, 2.75) is 65.3 Å². The summed E-state index contributed by atoms with van der Waals surface area (Å²) < 4.78 is 0. The lowest BCUT2D eigenvalue weighted by Gasteiger charge is -2.56. The second kappa shape index (κ2) is 7.44. The van der Waals surface area contributed by atoms with Gasteiger partial charge in [-0.3, -0.25) is 14.4 Å². The van der Waals surface area contributed by atoms with Gasteiger partial charge in [0.2, 0.25) is 11.8 Å². The third-order valence-electron chi connectivity index (χ3n) is 7.08. The molecule has 0 aromatic heterocycles. The van der Waals surface area contributed by atoms with Crippen LogP contribution in [0.1, 0.15) is 59.3 Å². The van der Waals surface area contributed by atoms with Crippen LogP contribution in [0.2, 0.25) is 0 Å². The Morgan fingerprint density at radius 1 is 1.04 bits per heavy atom. The van der Waals surface area contributed by atoms with Crippen LogP contribution in [0.25, 0.3) is 0 Å². The van der Waals surface area contributed by atoms with E-state index in [4.69, 9.17) is 5.11 Å². The van der Waals surface area contributed by atoms with E-state index >= 15 is 0 Å². The average molecular weight is 379 g/mol. The molecule has 0 aromatic carbocycles. The van der Waals surface area contributed by atoms with Gasteiger partial charge in [-0.15, -0.1) is 0 Å². The lowest BCUT2D eigenvalue weighted by Crippen LogP contribution is -2.58. The summed E-state index contributed by atoms with van der Waals surface area (Å²) in [6.45, 7) is 5.59. The summed E-state index contributed by atoms with van der Waals surface area (Å²) in [6, 6.07) is -0.600. The summed E-state index contributed by atoms with van der Waals surface area (Å²) in [7, 11) is 1.62. The zero-order valence-electron chi connectivity index (χ0n) is 17.0. The minimum Gasteiger partial charge on any atom is -0.481 e. The van der Waals surface area contributed by atoms with E-state index in [-0.39, 0.29) is 29.7 Å². The molecule has 4 rings (SSSR count). The van der Waals surface area contributed by atoms with Gasteiger partial charge >= 0.3 is 5.97 Å². The van der Waals surface area contributed by atoms with Crippen LogP contribution in [0.5, 0.6) is 0 Å². The first-order valence-electron chi connectivity index (χ1n) is 10.4. The normalized spacial score (nSPS) is 33.6. The number of nitrogens with one attached hydrogen (secondary N) is 1. The molecule has 0 radical (unpaired) electrons. The molecule has 2 atom stereocenters. The Kier molecular flexibility index (Phi) is 5.55. The molecule has 4 aliphatic rings. The molecule has 2 N–H and O–H groups in total. The Hall–Kier alpha value is -1.59. The summed E-state index contributed by atoms with van der Waals surface area (Å²) in [5.74, 6) is 0.277. The Labute approximate surface area is 162 Å². The van der Waals surface area contributed by atoms with Crippen LogP contribution in [0.3, 0.4) is 0 Å². The first-order chi connectivity index (χ1) is 12.6. The molecule has 2 unspecified atom stereocenters. The number of carboxylic acid groups (broad SMARTS) is 1. The predicted molar refractivity (Wildman–Crippen MR) is 102 cm³/mol. The molecule has 27 heavy (non-hydrogen) atoms. The number of carbonyl (C=O) groups is 3. The van der Waals surface area contributed by atoms with Gasteiger partial charge in [-0.1, -0.05) is 20.8 Å². The van der Waals surface area contributed by atoms with Crippen LogP contribution in [0.15, 0.2) is 0 Å². The van der Waals surface area contributed by atoms with Crippen molar-refractivity contribution in [2.24, 2.45) is 35.0 Å². The van der Waals surface area contributed by atoms with Crippen molar-refractivity contribution in [2.75, 3.05) is 13.6 Å². The minimum atomic E-state index is -0.923. The number of amides is 2. The maximum atomic E-state index is 13.3. The van der Waals surface area contributed by atoms with Crippen LogP contribution in [0.4, 0.5) is 0 Å². The quantitative estimate of drug-likeness (QED) is 0.713. The number of rotatable bonds is 7. The highest BCUT2D eigenvalue weighted by Gasteiger charge is 2.55. The summed E-state index contributed by atoms with van der Waals surface area (Å²) in [4.78, 5) is 38.8. The fourth-order valence-corrected chi connectivity index (χ4v) is 6.01. The number of likely N-dealkylation sites (N-methyl/N-ethyl adjacent to an activating group) is 1. The number of carbonyl (C=O) groups excluding carboxylic acids is 2. The van der Waals surface area contributed by atoms with Gasteiger partial charge in [0.1, 0.15) is 6.04 Å². The van der Waals surface area contributed by atoms with E-state index in [1.807, 2.05) is 13.8 Å². The maximum absolute atomic E-state index is 13.3. The fourth-order valence-electron chi connectivity index (χ4n) is 6.01. The molecule has 4 aliphatic carbocycles. The molecule has 4 saturated carbocycles. The Bertz CT molecular complexity index is 580. The SMILES string of the molecule is CC(CN(C)C(=O)C(NC(=O)C12CC3CC(CC(C3)C1)C2)C(C)C)C(=O)O. The molecule has 0 spiro atoms. The molecular formula is C21H34N2O4. The number of aliphatic carboxylic acids is 1. The van der Waals surface area contributed by atoms with Crippen molar-refractivity contribution in [3.05, 3.63) is 0 Å². The number of carboxylic acids is 1. The first-order valence-corrected chi connectivity index (χ1v) is 10.4. The minimum absolute atomic E-state index is 0.0436. The van der Waals surface area contributed by atoms with Crippen molar-refractivity contribution in [3.63, 3.8) is 0 Å². The van der Waals surface area contributed by atoms with Crippen LogP contribution >= 0.6 is 0 Å². The molecule has 0 aromatic rings. The van der Waals surface area contributed by atoms with Crippen molar-refractivity contribution >= 4 is 17.8 Å². The maximum Gasteiger partial charge on any atom is 0.308 e. The summed E-state index contributed by atoms with van der Waals surface area (Å²) in [6.07, 6.45) is 6.72. The van der Waals surface area contributed by atoms with E-state index in [2.05, 4.69) is 5.32 Å². The smallest absolute Gasteiger partial charge is 0.308 e. The highest BCUT2D eigenvalue weighted by molar-refractivity contribution is 5.90. The molecule has 6 nitrogen and oxygen atoms in total. The van der Waals surface area contributed by atoms with Crippen LogP contribution in [-0.4, -0.2) is 47.4 Å². The van der Waals surface area contributed by atoms with Crippen LogP contribution < -0.4 is 5.32 Å². The van der Waals surface area contributed by atoms with E-state index in [9.17, 15) is 14.4 Å². The van der Waals surface area contributed by atoms with Gasteiger partial charge in [0.25, 0.3) is 0 Å². The molecule has 4 bridgehead atoms. The lowest BCUT2D eigenvalue weighted by atomic mass is 9.49. The summed E-state index contributed by atoms with van der Waals surface area (Å²) >= 11 is 0. The van der Waals surface area contributed by atoms with Crippen molar-refractivity contribution in [3.8, 4) is 0 Å². The van der Waals surface area contributed by atoms with Gasteiger partial charge in [0.15, 0.2) is 0 Å². The molecule has 0 heterocycles. The molecule has 6 heteroatoms. The first kappa shape index (κ1) is 20.2. The third-order valence-corrected chi connectivity index (χ3v) is 7.08. The van der Waals surface area contributed by atoms with Crippen LogP contribution in [0, 0.1) is 35.0 Å². The molecule has 0 aliphatic heterocycles. The third kappa shape index (κ3) is 3.99. The zero-order chi connectivity index (χ0) is 19.9. The molecule has 4 fully saturated rings. The van der Waals surface area contributed by atoms with Gasteiger partial charge in [-0.05, 0) is 62.2 Å². The Morgan fingerprint density at radius 3 is 1.93 bits per heavy atom. The molecule has 0 saturated heterocycles. The second-order valence-electron chi connectivity index (χ2n) is 9.85. The van der Waals surface area contributed by atoms with Crippen LogP contribution in [-0.2, 0) is 14.4 Å². The fraction of sp³-hybridized carbons (Fsp3) is 0.857. The van der Waals surface area contributed by atoms with E-state index in [0.29, 0.717) is 17.8 Å². The largest absolute Gasteiger partial charge is 0.481 e. The summed E-state index contributed by atoms with van der Waals surface area (Å²) in [5.41, 5.74) is -0.283. The Balaban J connectivity index is 1.68. The topological polar surface area (TPSA) is 86.7 Å². The highest BCUT2D eigenvalue weighted by atomic mass is 16.4. The van der Waals surface area contributed by atoms with Gasteiger partial charge in [-0.2, -0.15) is 0 Å². The molecule has 2 amide bonds. The average Bonchev–Trinajstić information content (AvgIpc) is 2.57. The molecular weight excluding hydrogens is 344 g/mol. The van der Waals surface area contributed by atoms with Gasteiger partial charge in [0, 0.05) is 19.0 Å². The zero-order valence-corrected chi connectivity index (χ0v) is 17.0. The number of hydrogen-bond donors (Lipinski definition) is 2. The monoisotopic (exact) mass is 378 g/mol. The van der Waals surface area contributed by atoms with E-state index in [0.717, 1.165) is 19.3 Å². The lowest BCUT2D eigenvalue weighted by molar-refractivity contribution is -0.151. The van der Waals surface area contributed by atoms with E-state index < -0.39 is 17.9 Å². The van der Waals surface area contributed by atoms with Gasteiger partial charge < -0.3 is 15.3 Å². The standard InChI is InChI=1S/C21H34N2O4/c1-12(2)17(18(24)23(4)11-13(3)19(25)26)22-20(27)21-8-14-5-15(9-21)7-16(6-14)10-21/h12-17H,5-11H2,1-4H3,(H,22,27)(H,25,26). The molecule has 152 valence electrons. The summed E-state index contributed by atoms with van der Waals surface area (Å²) in [5, 5.41) is 12.2. The van der Waals surface area contributed by atoms with E-state index in [1.165, 1.54) is 24.2 Å². The van der Waals surface area contributed by atoms with Gasteiger partial charge in [0.05, 0.1) is 5.92 Å².